The summed E-state index contributed by atoms with van der Waals surface area (Å²) in [6.45, 7) is 2.80. The molecule has 2 aliphatic heterocycles. The molecule has 0 spiro atoms. The maximum absolute atomic E-state index is 15.4. The zero-order valence-electron chi connectivity index (χ0n) is 31.3. The Kier molecular flexibility index (Phi) is 9.02. The Bertz CT molecular complexity index is 2710. The van der Waals surface area contributed by atoms with Crippen molar-refractivity contribution in [3.05, 3.63) is 118 Å². The fourth-order valence-electron chi connectivity index (χ4n) is 8.77. The van der Waals surface area contributed by atoms with Crippen LogP contribution in [0.25, 0.3) is 32.0 Å². The predicted molar refractivity (Wildman–Crippen MR) is 207 cm³/mol. The summed E-state index contributed by atoms with van der Waals surface area (Å²) < 4.78 is 103. The molecular weight excluding hydrogens is 814 g/mol. The molecule has 3 atom stereocenters. The third-order valence-electron chi connectivity index (χ3n) is 11.6. The fraction of sp³-hybridized carbons (Fsp3) is 0.310. The number of hydrogen-bond donors (Lipinski definition) is 3. The van der Waals surface area contributed by atoms with Gasteiger partial charge in [-0.1, -0.05) is 12.1 Å². The largest absolute Gasteiger partial charge is 0.435 e. The highest BCUT2D eigenvalue weighted by atomic mass is 32.1. The smallest absolute Gasteiger partial charge is 0.369 e. The van der Waals surface area contributed by atoms with E-state index in [0.717, 1.165) is 55.1 Å². The lowest BCUT2D eigenvalue weighted by Gasteiger charge is -2.29. The van der Waals surface area contributed by atoms with E-state index in [0.29, 0.717) is 43.7 Å². The van der Waals surface area contributed by atoms with Crippen LogP contribution >= 0.6 is 11.3 Å². The lowest BCUT2D eigenvalue weighted by molar-refractivity contribution is -0.142. The third kappa shape index (κ3) is 6.74. The molecule has 2 aliphatic carbocycles. The summed E-state index contributed by atoms with van der Waals surface area (Å²) >= 11 is 1.35. The zero-order chi connectivity index (χ0) is 41.7. The van der Waals surface area contributed by atoms with Gasteiger partial charge in [-0.3, -0.25) is 14.3 Å². The quantitative estimate of drug-likeness (QED) is 0.129. The van der Waals surface area contributed by atoms with Crippen molar-refractivity contribution in [1.29, 1.82) is 0 Å². The number of alkyl halides is 5. The summed E-state index contributed by atoms with van der Waals surface area (Å²) in [6.07, 6.45) is -5.44. The molecule has 10 rings (SSSR count). The van der Waals surface area contributed by atoms with Crippen molar-refractivity contribution in [2.45, 2.75) is 50.0 Å². The maximum atomic E-state index is 15.4. The normalized spacial score (nSPS) is 19.5. The summed E-state index contributed by atoms with van der Waals surface area (Å²) in [5.41, 5.74) is 1.49. The van der Waals surface area contributed by atoms with E-state index in [1.54, 1.807) is 24.3 Å². The average Bonchev–Trinajstić information content (AvgIpc) is 3.44. The third-order valence-corrected chi connectivity index (χ3v) is 12.7. The van der Waals surface area contributed by atoms with Crippen LogP contribution in [0.2, 0.25) is 0 Å². The van der Waals surface area contributed by atoms with Crippen LogP contribution in [0.3, 0.4) is 0 Å². The number of carbonyl (C=O) groups excluding carboxylic acids is 2. The van der Waals surface area contributed by atoms with Crippen molar-refractivity contribution in [2.75, 3.05) is 31.1 Å². The Morgan fingerprint density at radius 3 is 2.42 bits per heavy atom. The lowest BCUT2D eigenvalue weighted by Crippen LogP contribution is -2.43. The van der Waals surface area contributed by atoms with Crippen molar-refractivity contribution in [3.63, 3.8) is 0 Å². The van der Waals surface area contributed by atoms with Gasteiger partial charge >= 0.3 is 6.18 Å². The number of rotatable bonds is 9. The fourth-order valence-corrected chi connectivity index (χ4v) is 9.72. The number of carbonyl (C=O) groups is 2. The first-order chi connectivity index (χ1) is 28.7. The minimum atomic E-state index is -5.04. The molecule has 10 nitrogen and oxygen atoms in total. The number of thiazole rings is 1. The van der Waals surface area contributed by atoms with Gasteiger partial charge in [0, 0.05) is 72.6 Å². The number of piperazine rings is 1. The number of amides is 2. The van der Waals surface area contributed by atoms with Gasteiger partial charge in [0.2, 0.25) is 5.91 Å². The Morgan fingerprint density at radius 2 is 1.68 bits per heavy atom. The van der Waals surface area contributed by atoms with E-state index in [2.05, 4.69) is 25.9 Å². The lowest BCUT2D eigenvalue weighted by atomic mass is 9.93. The van der Waals surface area contributed by atoms with Gasteiger partial charge in [-0.05, 0) is 84.0 Å². The summed E-state index contributed by atoms with van der Waals surface area (Å²) in [4.78, 5) is 38.8. The molecule has 3 aromatic heterocycles. The van der Waals surface area contributed by atoms with E-state index < -0.39 is 71.0 Å². The van der Waals surface area contributed by atoms with Crippen molar-refractivity contribution in [3.8, 4) is 21.7 Å². The van der Waals surface area contributed by atoms with Crippen LogP contribution in [-0.4, -0.2) is 57.7 Å². The first kappa shape index (κ1) is 38.3. The molecule has 2 amide bonds. The van der Waals surface area contributed by atoms with Gasteiger partial charge in [0.15, 0.2) is 11.3 Å². The minimum Gasteiger partial charge on any atom is -0.369 e. The highest BCUT2D eigenvalue weighted by Crippen LogP contribution is 2.68. The molecule has 3 aromatic carbocycles. The van der Waals surface area contributed by atoms with Gasteiger partial charge in [-0.2, -0.15) is 27.1 Å². The monoisotopic (exact) mass is 846 g/mol. The summed E-state index contributed by atoms with van der Waals surface area (Å²) in [5.74, 6) is -9.06. The molecule has 18 heteroatoms. The Balaban J connectivity index is 1.07. The average molecular weight is 847 g/mol. The van der Waals surface area contributed by atoms with Crippen LogP contribution in [0.15, 0.2) is 66.7 Å². The number of nitrogens with zero attached hydrogens (tertiary/aromatic N) is 5. The van der Waals surface area contributed by atoms with Crippen molar-refractivity contribution < 1.29 is 40.3 Å². The van der Waals surface area contributed by atoms with Crippen LogP contribution in [0.5, 0.6) is 0 Å². The van der Waals surface area contributed by atoms with E-state index >= 15 is 8.78 Å². The molecule has 1 saturated carbocycles. The number of nitrogens with one attached hydrogen (secondary N) is 3. The molecule has 4 aliphatic rings. The molecule has 308 valence electrons. The van der Waals surface area contributed by atoms with Crippen LogP contribution in [0.1, 0.15) is 62.5 Å². The highest BCUT2D eigenvalue weighted by Gasteiger charge is 2.68. The van der Waals surface area contributed by atoms with Crippen LogP contribution < -0.4 is 20.9 Å². The second-order valence-electron chi connectivity index (χ2n) is 15.5. The second-order valence-corrected chi connectivity index (χ2v) is 16.6. The molecule has 1 unspecified atom stereocenters. The van der Waals surface area contributed by atoms with Gasteiger partial charge < -0.3 is 20.9 Å². The number of aromatic nitrogens is 4. The number of hydrogen-bond acceptors (Lipinski definition) is 8. The van der Waals surface area contributed by atoms with E-state index in [1.165, 1.54) is 11.3 Å². The zero-order valence-corrected chi connectivity index (χ0v) is 32.2. The summed E-state index contributed by atoms with van der Waals surface area (Å²) in [6, 6.07) is 16.5. The number of anilines is 1. The van der Waals surface area contributed by atoms with E-state index in [9.17, 15) is 31.5 Å². The number of benzene rings is 3. The Morgan fingerprint density at radius 1 is 0.950 bits per heavy atom. The molecule has 0 bridgehead atoms. The second kappa shape index (κ2) is 14.1. The van der Waals surface area contributed by atoms with Crippen molar-refractivity contribution in [1.82, 2.24) is 35.7 Å². The van der Waals surface area contributed by atoms with Crippen LogP contribution in [0.4, 0.5) is 36.4 Å². The summed E-state index contributed by atoms with van der Waals surface area (Å²) in [5, 5.41) is 13.0. The van der Waals surface area contributed by atoms with Crippen molar-refractivity contribution >= 4 is 39.2 Å². The van der Waals surface area contributed by atoms with E-state index in [-0.39, 0.29) is 35.7 Å². The number of fused-ring (bicyclic) bond motifs is 5. The Hall–Kier alpha value is -5.88. The van der Waals surface area contributed by atoms with Gasteiger partial charge in [0.25, 0.3) is 11.8 Å². The minimum absolute atomic E-state index is 0.0912. The molecule has 0 radical (unpaired) electrons. The van der Waals surface area contributed by atoms with Gasteiger partial charge in [0.1, 0.15) is 28.9 Å². The number of pyridine rings is 1. The molecular formula is C42H33F7N8O2S. The Labute approximate surface area is 340 Å². The number of halogens is 7. The van der Waals surface area contributed by atoms with Crippen molar-refractivity contribution in [2.24, 2.45) is 5.92 Å². The SMILES string of the molecule is O=C(Cn1nc(C(F)(F)F)c2c1C(F)(F)[C@@H]1CC21)N[C@@H](Cc1cc(F)cc(F)c1)c1nc2nc(-c3ccc(N4CCNCC4)cc3)sc2cc1-c1ccc2c(c1)C(=O)NC2. The van der Waals surface area contributed by atoms with Gasteiger partial charge in [0.05, 0.1) is 16.4 Å². The molecule has 1 saturated heterocycles. The topological polar surface area (TPSA) is 117 Å². The first-order valence-electron chi connectivity index (χ1n) is 19.3. The molecule has 3 N–H and O–H groups in total. The predicted octanol–water partition coefficient (Wildman–Crippen LogP) is 7.48. The first-order valence-corrected chi connectivity index (χ1v) is 20.1. The highest BCUT2D eigenvalue weighted by molar-refractivity contribution is 7.21. The molecule has 60 heavy (non-hydrogen) atoms. The molecule has 5 heterocycles. The van der Waals surface area contributed by atoms with Gasteiger partial charge in [-0.25, -0.2) is 18.7 Å². The standard InChI is InChI=1S/C42H33F7N8O2S/c43-24-11-20(12-25(44)15-24)13-31(52-33(58)19-57-37-34(36(55-57)42(47,48)49)29-16-30(29)41(37,45)46)35-27(22-1-2-23-18-51-39(59)28(23)14-22)17-32-38(53-35)54-40(60-32)21-3-5-26(6-4-21)56-9-7-50-8-10-56/h1-6,11-12,14-15,17,29-31,50H,7-10,13,16,18-19H2,(H,51,59)(H,52,58)/t29?,30-,31+/m1/s1. The molecule has 6 aromatic rings. The van der Waals surface area contributed by atoms with Crippen LogP contribution in [-0.2, 0) is 36.4 Å². The van der Waals surface area contributed by atoms with Gasteiger partial charge in [-0.15, -0.1) is 11.3 Å². The van der Waals surface area contributed by atoms with Crippen LogP contribution in [0, 0.1) is 17.6 Å². The van der Waals surface area contributed by atoms with E-state index in [4.69, 9.17) is 9.97 Å². The molecule has 2 fully saturated rings. The van der Waals surface area contributed by atoms with E-state index in [1.807, 2.05) is 24.3 Å². The maximum Gasteiger partial charge on any atom is 0.435 e. The summed E-state index contributed by atoms with van der Waals surface area (Å²) in [7, 11) is 0.